The maximum atomic E-state index is 11.6. The van der Waals surface area contributed by atoms with E-state index in [4.69, 9.17) is 5.11 Å². The molecule has 16 heavy (non-hydrogen) atoms. The van der Waals surface area contributed by atoms with Crippen LogP contribution in [0.25, 0.3) is 0 Å². The van der Waals surface area contributed by atoms with Gasteiger partial charge in [0.15, 0.2) is 0 Å². The number of hydrogen-bond acceptors (Lipinski definition) is 2. The third-order valence-electron chi connectivity index (χ3n) is 1.93. The number of nitrogens with zero attached hydrogens (tertiary/aromatic N) is 1. The SMILES string of the molecule is C/C=C/CCNC(=O)N(CCC)CC(=O)O. The van der Waals surface area contributed by atoms with E-state index < -0.39 is 5.97 Å². The van der Waals surface area contributed by atoms with E-state index >= 15 is 0 Å². The number of rotatable bonds is 7. The van der Waals surface area contributed by atoms with Gasteiger partial charge in [0.25, 0.3) is 0 Å². The Kier molecular flexibility index (Phi) is 7.93. The van der Waals surface area contributed by atoms with Crippen molar-refractivity contribution in [2.75, 3.05) is 19.6 Å². The normalized spacial score (nSPS) is 10.4. The van der Waals surface area contributed by atoms with Crippen molar-refractivity contribution in [3.63, 3.8) is 0 Å². The molecular weight excluding hydrogens is 208 g/mol. The van der Waals surface area contributed by atoms with E-state index in [1.165, 1.54) is 4.90 Å². The second-order valence-corrected chi connectivity index (χ2v) is 3.40. The molecule has 0 saturated heterocycles. The van der Waals surface area contributed by atoms with Crippen LogP contribution in [-0.2, 0) is 4.79 Å². The predicted molar refractivity (Wildman–Crippen MR) is 62.3 cm³/mol. The number of urea groups is 1. The van der Waals surface area contributed by atoms with E-state index in [1.54, 1.807) is 0 Å². The first-order valence-corrected chi connectivity index (χ1v) is 5.47. The Bertz CT molecular complexity index is 252. The molecule has 0 rings (SSSR count). The Labute approximate surface area is 96.1 Å². The van der Waals surface area contributed by atoms with Crippen LogP contribution in [0.5, 0.6) is 0 Å². The molecule has 0 aromatic rings. The van der Waals surface area contributed by atoms with Gasteiger partial charge in [-0.25, -0.2) is 4.79 Å². The summed E-state index contributed by atoms with van der Waals surface area (Å²) in [5.41, 5.74) is 0. The van der Waals surface area contributed by atoms with Gasteiger partial charge in [0.05, 0.1) is 0 Å². The maximum absolute atomic E-state index is 11.6. The van der Waals surface area contributed by atoms with Gasteiger partial charge in [-0.2, -0.15) is 0 Å². The van der Waals surface area contributed by atoms with Gasteiger partial charge in [-0.15, -0.1) is 0 Å². The second kappa shape index (κ2) is 8.76. The summed E-state index contributed by atoms with van der Waals surface area (Å²) in [4.78, 5) is 23.4. The van der Waals surface area contributed by atoms with E-state index in [-0.39, 0.29) is 12.6 Å². The van der Waals surface area contributed by atoms with Crippen LogP contribution in [0.1, 0.15) is 26.7 Å². The lowest BCUT2D eigenvalue weighted by Gasteiger charge is -2.20. The Morgan fingerprint density at radius 1 is 1.44 bits per heavy atom. The topological polar surface area (TPSA) is 69.6 Å². The number of carboxylic acid groups (broad SMARTS) is 1. The van der Waals surface area contributed by atoms with Gasteiger partial charge in [-0.3, -0.25) is 4.79 Å². The minimum Gasteiger partial charge on any atom is -0.480 e. The molecular formula is C11H20N2O3. The van der Waals surface area contributed by atoms with Crippen molar-refractivity contribution in [3.8, 4) is 0 Å². The highest BCUT2D eigenvalue weighted by atomic mass is 16.4. The van der Waals surface area contributed by atoms with Gasteiger partial charge in [-0.05, 0) is 19.8 Å². The molecule has 2 N–H and O–H groups in total. The lowest BCUT2D eigenvalue weighted by atomic mass is 10.4. The summed E-state index contributed by atoms with van der Waals surface area (Å²) in [7, 11) is 0. The van der Waals surface area contributed by atoms with Gasteiger partial charge in [-0.1, -0.05) is 19.1 Å². The molecule has 0 saturated carbocycles. The highest BCUT2D eigenvalue weighted by Gasteiger charge is 2.14. The smallest absolute Gasteiger partial charge is 0.323 e. The minimum absolute atomic E-state index is 0.247. The van der Waals surface area contributed by atoms with E-state index in [1.807, 2.05) is 26.0 Å². The first-order chi connectivity index (χ1) is 7.61. The largest absolute Gasteiger partial charge is 0.480 e. The number of carboxylic acids is 1. The summed E-state index contributed by atoms with van der Waals surface area (Å²) in [6, 6.07) is -0.311. The van der Waals surface area contributed by atoms with Crippen LogP contribution in [-0.4, -0.2) is 41.6 Å². The van der Waals surface area contributed by atoms with Crippen molar-refractivity contribution < 1.29 is 14.7 Å². The Morgan fingerprint density at radius 2 is 2.12 bits per heavy atom. The first kappa shape index (κ1) is 14.5. The molecule has 0 heterocycles. The molecule has 0 aliphatic heterocycles. The van der Waals surface area contributed by atoms with Gasteiger partial charge in [0, 0.05) is 13.1 Å². The number of aliphatic carboxylic acids is 1. The van der Waals surface area contributed by atoms with Crippen molar-refractivity contribution in [3.05, 3.63) is 12.2 Å². The Hall–Kier alpha value is -1.52. The van der Waals surface area contributed by atoms with Crippen molar-refractivity contribution in [1.29, 1.82) is 0 Å². The molecule has 0 atom stereocenters. The molecule has 5 heteroatoms. The molecule has 0 bridgehead atoms. The minimum atomic E-state index is -0.989. The fraction of sp³-hybridized carbons (Fsp3) is 0.636. The van der Waals surface area contributed by atoms with Crippen molar-refractivity contribution >= 4 is 12.0 Å². The zero-order chi connectivity index (χ0) is 12.4. The number of allylic oxidation sites excluding steroid dienone is 1. The molecule has 5 nitrogen and oxygen atoms in total. The third-order valence-corrected chi connectivity index (χ3v) is 1.93. The van der Waals surface area contributed by atoms with Crippen molar-refractivity contribution in [2.45, 2.75) is 26.7 Å². The highest BCUT2D eigenvalue weighted by molar-refractivity contribution is 5.80. The van der Waals surface area contributed by atoms with Crippen LogP contribution in [0.15, 0.2) is 12.2 Å². The molecule has 0 radical (unpaired) electrons. The monoisotopic (exact) mass is 228 g/mol. The summed E-state index contributed by atoms with van der Waals surface area (Å²) < 4.78 is 0. The van der Waals surface area contributed by atoms with E-state index in [0.29, 0.717) is 13.1 Å². The number of carbonyl (C=O) groups excluding carboxylic acids is 1. The van der Waals surface area contributed by atoms with Crippen LogP contribution in [0.2, 0.25) is 0 Å². The fourth-order valence-corrected chi connectivity index (χ4v) is 1.23. The van der Waals surface area contributed by atoms with Crippen LogP contribution < -0.4 is 5.32 Å². The fourth-order valence-electron chi connectivity index (χ4n) is 1.23. The highest BCUT2D eigenvalue weighted by Crippen LogP contribution is 1.93. The predicted octanol–water partition coefficient (Wildman–Crippen LogP) is 1.46. The molecule has 0 aromatic carbocycles. The lowest BCUT2D eigenvalue weighted by molar-refractivity contribution is -0.137. The summed E-state index contributed by atoms with van der Waals surface area (Å²) in [5, 5.41) is 11.3. The van der Waals surface area contributed by atoms with E-state index in [9.17, 15) is 9.59 Å². The van der Waals surface area contributed by atoms with Crippen molar-refractivity contribution in [1.82, 2.24) is 10.2 Å². The molecule has 0 unspecified atom stereocenters. The zero-order valence-electron chi connectivity index (χ0n) is 9.90. The van der Waals surface area contributed by atoms with Gasteiger partial charge in [0.2, 0.25) is 0 Å². The summed E-state index contributed by atoms with van der Waals surface area (Å²) in [6.07, 6.45) is 5.36. The van der Waals surface area contributed by atoms with Gasteiger partial charge < -0.3 is 15.3 Å². The van der Waals surface area contributed by atoms with Gasteiger partial charge >= 0.3 is 12.0 Å². The molecule has 92 valence electrons. The zero-order valence-corrected chi connectivity index (χ0v) is 9.90. The lowest BCUT2D eigenvalue weighted by Crippen LogP contribution is -2.43. The number of amides is 2. The third kappa shape index (κ3) is 6.86. The molecule has 2 amide bonds. The number of nitrogens with one attached hydrogen (secondary N) is 1. The first-order valence-electron chi connectivity index (χ1n) is 5.47. The van der Waals surface area contributed by atoms with Crippen LogP contribution in [0.4, 0.5) is 4.79 Å². The maximum Gasteiger partial charge on any atom is 0.323 e. The van der Waals surface area contributed by atoms with Crippen LogP contribution in [0.3, 0.4) is 0 Å². The standard InChI is InChI=1S/C11H20N2O3/c1-3-5-6-7-12-11(16)13(8-4-2)9-10(14)15/h3,5H,4,6-9H2,1-2H3,(H,12,16)(H,14,15)/b5-3+. The molecule has 0 aliphatic carbocycles. The number of carbonyl (C=O) groups is 2. The Balaban J connectivity index is 4.00. The summed E-state index contributed by atoms with van der Waals surface area (Å²) in [6.45, 7) is 4.56. The van der Waals surface area contributed by atoms with Gasteiger partial charge in [0.1, 0.15) is 6.54 Å². The molecule has 0 aromatic heterocycles. The van der Waals surface area contributed by atoms with E-state index in [2.05, 4.69) is 5.32 Å². The molecule has 0 spiro atoms. The molecule has 0 fully saturated rings. The molecule has 0 aliphatic rings. The average molecular weight is 228 g/mol. The second-order valence-electron chi connectivity index (χ2n) is 3.40. The Morgan fingerprint density at radius 3 is 2.62 bits per heavy atom. The van der Waals surface area contributed by atoms with Crippen LogP contribution in [0, 0.1) is 0 Å². The quantitative estimate of drug-likeness (QED) is 0.512. The van der Waals surface area contributed by atoms with Crippen molar-refractivity contribution in [2.24, 2.45) is 0 Å². The van der Waals surface area contributed by atoms with Crippen LogP contribution >= 0.6 is 0 Å². The van der Waals surface area contributed by atoms with E-state index in [0.717, 1.165) is 12.8 Å². The summed E-state index contributed by atoms with van der Waals surface area (Å²) >= 11 is 0. The number of hydrogen-bond donors (Lipinski definition) is 2. The average Bonchev–Trinajstić information content (AvgIpc) is 2.23. The summed E-state index contributed by atoms with van der Waals surface area (Å²) in [5.74, 6) is -0.989.